The summed E-state index contributed by atoms with van der Waals surface area (Å²) in [6.45, 7) is 3.86. The molecular formula is C19H33NO2. The molecule has 0 saturated carbocycles. The fourth-order valence-electron chi connectivity index (χ4n) is 2.54. The maximum atomic E-state index is 9.74. The Bertz CT molecular complexity index is 398. The normalized spacial score (nSPS) is 13.3. The van der Waals surface area contributed by atoms with Crippen molar-refractivity contribution in [3.63, 3.8) is 0 Å². The smallest absolute Gasteiger partial charge is 0.178 e. The lowest BCUT2D eigenvalue weighted by Crippen LogP contribution is -2.46. The fraction of sp³-hybridized carbons (Fsp3) is 0.684. The van der Waals surface area contributed by atoms with Gasteiger partial charge in [-0.2, -0.15) is 0 Å². The van der Waals surface area contributed by atoms with Crippen LogP contribution in [-0.2, 0) is 12.8 Å². The molecule has 0 aliphatic rings. The summed E-state index contributed by atoms with van der Waals surface area (Å²) in [5.41, 5.74) is 8.05. The first-order chi connectivity index (χ1) is 10.5. The fourth-order valence-corrected chi connectivity index (χ4v) is 2.54. The Morgan fingerprint density at radius 3 is 1.95 bits per heavy atom. The van der Waals surface area contributed by atoms with Crippen molar-refractivity contribution in [1.82, 2.24) is 0 Å². The van der Waals surface area contributed by atoms with Gasteiger partial charge >= 0.3 is 0 Å². The molecule has 1 rings (SSSR count). The number of benzene rings is 1. The topological polar surface area (TPSA) is 66.5 Å². The van der Waals surface area contributed by atoms with E-state index in [9.17, 15) is 10.2 Å². The van der Waals surface area contributed by atoms with Gasteiger partial charge in [0.1, 0.15) is 0 Å². The first-order valence-corrected chi connectivity index (χ1v) is 8.74. The molecule has 0 aromatic heterocycles. The van der Waals surface area contributed by atoms with Crippen LogP contribution in [0, 0.1) is 0 Å². The molecule has 0 radical (unpaired) electrons. The third-order valence-electron chi connectivity index (χ3n) is 4.35. The van der Waals surface area contributed by atoms with Crippen molar-refractivity contribution >= 4 is 0 Å². The van der Waals surface area contributed by atoms with Gasteiger partial charge in [-0.3, -0.25) is 0 Å². The van der Waals surface area contributed by atoms with Crippen LogP contribution in [0.25, 0.3) is 0 Å². The van der Waals surface area contributed by atoms with E-state index in [1.54, 1.807) is 6.92 Å². The molecule has 1 aromatic carbocycles. The van der Waals surface area contributed by atoms with E-state index in [2.05, 4.69) is 31.2 Å². The number of hydrogen-bond donors (Lipinski definition) is 3. The zero-order valence-electron chi connectivity index (χ0n) is 14.2. The van der Waals surface area contributed by atoms with Crippen LogP contribution in [0.3, 0.4) is 0 Å². The Balaban J connectivity index is 2.28. The Morgan fingerprint density at radius 1 is 0.909 bits per heavy atom. The summed E-state index contributed by atoms with van der Waals surface area (Å²) in [5, 5.41) is 19.5. The van der Waals surface area contributed by atoms with Gasteiger partial charge < -0.3 is 15.9 Å². The van der Waals surface area contributed by atoms with Crippen molar-refractivity contribution in [2.45, 2.75) is 83.5 Å². The average molecular weight is 307 g/mol. The number of aryl methyl sites for hydroxylation is 2. The van der Waals surface area contributed by atoms with Crippen molar-refractivity contribution in [1.29, 1.82) is 0 Å². The molecule has 0 fully saturated rings. The second-order valence-electron chi connectivity index (χ2n) is 6.50. The van der Waals surface area contributed by atoms with Gasteiger partial charge in [-0.15, -0.1) is 0 Å². The highest BCUT2D eigenvalue weighted by Crippen LogP contribution is 2.16. The summed E-state index contributed by atoms with van der Waals surface area (Å²) >= 11 is 0. The predicted molar refractivity (Wildman–Crippen MR) is 92.7 cm³/mol. The lowest BCUT2D eigenvalue weighted by Gasteiger charge is -2.25. The number of rotatable bonds is 11. The maximum Gasteiger partial charge on any atom is 0.178 e. The maximum absolute atomic E-state index is 9.74. The average Bonchev–Trinajstić information content (AvgIpc) is 2.50. The Morgan fingerprint density at radius 2 is 1.41 bits per heavy atom. The predicted octanol–water partition coefficient (Wildman–Crippen LogP) is 3.55. The summed E-state index contributed by atoms with van der Waals surface area (Å²) in [7, 11) is 0. The van der Waals surface area contributed by atoms with Gasteiger partial charge in [-0.1, -0.05) is 63.3 Å². The van der Waals surface area contributed by atoms with E-state index in [1.165, 1.54) is 44.1 Å². The van der Waals surface area contributed by atoms with Crippen LogP contribution in [0.2, 0.25) is 0 Å². The molecule has 126 valence electrons. The Kier molecular flexibility index (Phi) is 8.69. The number of hydrogen-bond acceptors (Lipinski definition) is 3. The van der Waals surface area contributed by atoms with Gasteiger partial charge in [0.05, 0.1) is 6.04 Å². The standard InChI is InChI=1S/C19H33NO2/c1-3-4-5-6-7-8-9-17-10-12-18(13-11-17)14-15-19(21,22)16(2)20/h10-13,16,21-22H,3-9,14-15,20H2,1-2H3. The van der Waals surface area contributed by atoms with E-state index in [1.807, 2.05) is 0 Å². The van der Waals surface area contributed by atoms with Crippen LogP contribution < -0.4 is 5.73 Å². The number of aliphatic hydroxyl groups is 2. The molecule has 1 aromatic rings. The van der Waals surface area contributed by atoms with Crippen LogP contribution in [0.1, 0.15) is 69.9 Å². The summed E-state index contributed by atoms with van der Waals surface area (Å²) in [6.07, 6.45) is 9.96. The summed E-state index contributed by atoms with van der Waals surface area (Å²) in [6, 6.07) is 7.85. The SMILES string of the molecule is CCCCCCCCc1ccc(CCC(O)(O)C(C)N)cc1. The zero-order chi connectivity index (χ0) is 16.4. The molecule has 3 heteroatoms. The summed E-state index contributed by atoms with van der Waals surface area (Å²) < 4.78 is 0. The second kappa shape index (κ2) is 9.98. The van der Waals surface area contributed by atoms with E-state index >= 15 is 0 Å². The Hall–Kier alpha value is -0.900. The van der Waals surface area contributed by atoms with Gasteiger partial charge in [-0.25, -0.2) is 0 Å². The molecule has 0 bridgehead atoms. The third-order valence-corrected chi connectivity index (χ3v) is 4.35. The van der Waals surface area contributed by atoms with E-state index in [4.69, 9.17) is 5.73 Å². The molecule has 0 spiro atoms. The third kappa shape index (κ3) is 7.39. The molecule has 0 aliphatic carbocycles. The molecule has 1 unspecified atom stereocenters. The van der Waals surface area contributed by atoms with Gasteiger partial charge in [0.15, 0.2) is 5.79 Å². The first kappa shape index (κ1) is 19.1. The molecular weight excluding hydrogens is 274 g/mol. The molecule has 0 heterocycles. The zero-order valence-corrected chi connectivity index (χ0v) is 14.2. The highest BCUT2D eigenvalue weighted by Gasteiger charge is 2.27. The van der Waals surface area contributed by atoms with Gasteiger partial charge in [0, 0.05) is 6.42 Å². The highest BCUT2D eigenvalue weighted by molar-refractivity contribution is 5.22. The van der Waals surface area contributed by atoms with Gasteiger partial charge in [0.2, 0.25) is 0 Å². The van der Waals surface area contributed by atoms with E-state index in [0.717, 1.165) is 12.0 Å². The van der Waals surface area contributed by atoms with Gasteiger partial charge in [0.25, 0.3) is 0 Å². The van der Waals surface area contributed by atoms with E-state index in [-0.39, 0.29) is 6.42 Å². The van der Waals surface area contributed by atoms with Crippen LogP contribution in [0.5, 0.6) is 0 Å². The Labute approximate surface area is 135 Å². The minimum absolute atomic E-state index is 0.265. The first-order valence-electron chi connectivity index (χ1n) is 8.74. The molecule has 22 heavy (non-hydrogen) atoms. The lowest BCUT2D eigenvalue weighted by atomic mass is 9.98. The van der Waals surface area contributed by atoms with E-state index < -0.39 is 11.8 Å². The lowest BCUT2D eigenvalue weighted by molar-refractivity contribution is -0.177. The monoisotopic (exact) mass is 307 g/mol. The summed E-state index contributed by atoms with van der Waals surface area (Å²) in [5.74, 6) is -1.78. The summed E-state index contributed by atoms with van der Waals surface area (Å²) in [4.78, 5) is 0. The minimum atomic E-state index is -1.78. The van der Waals surface area contributed by atoms with Crippen LogP contribution >= 0.6 is 0 Å². The molecule has 0 amide bonds. The van der Waals surface area contributed by atoms with Crippen LogP contribution in [0.4, 0.5) is 0 Å². The molecule has 3 nitrogen and oxygen atoms in total. The van der Waals surface area contributed by atoms with Crippen molar-refractivity contribution in [3.05, 3.63) is 35.4 Å². The van der Waals surface area contributed by atoms with Crippen LogP contribution in [0.15, 0.2) is 24.3 Å². The van der Waals surface area contributed by atoms with Crippen molar-refractivity contribution in [2.75, 3.05) is 0 Å². The number of unbranched alkanes of at least 4 members (excludes halogenated alkanes) is 5. The second-order valence-corrected chi connectivity index (χ2v) is 6.50. The minimum Gasteiger partial charge on any atom is -0.364 e. The van der Waals surface area contributed by atoms with Crippen molar-refractivity contribution in [2.24, 2.45) is 5.73 Å². The van der Waals surface area contributed by atoms with Crippen molar-refractivity contribution < 1.29 is 10.2 Å². The number of nitrogens with two attached hydrogens (primary N) is 1. The van der Waals surface area contributed by atoms with E-state index in [0.29, 0.717) is 6.42 Å². The molecule has 0 saturated heterocycles. The van der Waals surface area contributed by atoms with Crippen molar-refractivity contribution in [3.8, 4) is 0 Å². The quantitative estimate of drug-likeness (QED) is 0.432. The van der Waals surface area contributed by atoms with Gasteiger partial charge in [-0.05, 0) is 37.3 Å². The molecule has 0 aliphatic heterocycles. The highest BCUT2D eigenvalue weighted by atomic mass is 16.5. The largest absolute Gasteiger partial charge is 0.364 e. The molecule has 4 N–H and O–H groups in total. The molecule has 1 atom stereocenters. The van der Waals surface area contributed by atoms with Crippen LogP contribution in [-0.4, -0.2) is 22.0 Å².